The molecule has 1 aromatic heterocycles. The molecule has 0 unspecified atom stereocenters. The maximum atomic E-state index is 4.97. The molecule has 0 radical (unpaired) electrons. The number of nitrogens with one attached hydrogen (secondary N) is 1. The van der Waals surface area contributed by atoms with Gasteiger partial charge in [-0.15, -0.1) is 0 Å². The molecule has 2 nitrogen and oxygen atoms in total. The average molecular weight is 167 g/mol. The standard InChI is InChI=1S/C10H17NO/c1-9(2)11-6-3-4-10-5-7-12-8-10/h5,7-9,11H,3-4,6H2,1-2H3. The fraction of sp³-hybridized carbons (Fsp3) is 0.600. The van der Waals surface area contributed by atoms with E-state index in [2.05, 4.69) is 19.2 Å². The van der Waals surface area contributed by atoms with Crippen LogP contribution in [0.1, 0.15) is 25.8 Å². The minimum Gasteiger partial charge on any atom is -0.472 e. The van der Waals surface area contributed by atoms with Crippen LogP contribution in [-0.4, -0.2) is 12.6 Å². The van der Waals surface area contributed by atoms with Gasteiger partial charge in [-0.25, -0.2) is 0 Å². The summed E-state index contributed by atoms with van der Waals surface area (Å²) >= 11 is 0. The van der Waals surface area contributed by atoms with E-state index in [0.29, 0.717) is 6.04 Å². The molecule has 0 aliphatic heterocycles. The van der Waals surface area contributed by atoms with Gasteiger partial charge in [0.2, 0.25) is 0 Å². The van der Waals surface area contributed by atoms with Crippen LogP contribution in [0.5, 0.6) is 0 Å². The Morgan fingerprint density at radius 3 is 2.92 bits per heavy atom. The molecular weight excluding hydrogens is 150 g/mol. The third-order valence-electron chi connectivity index (χ3n) is 1.77. The quantitative estimate of drug-likeness (QED) is 0.680. The predicted octanol–water partition coefficient (Wildman–Crippen LogP) is 2.21. The predicted molar refractivity (Wildman–Crippen MR) is 50.2 cm³/mol. The molecule has 0 spiro atoms. The van der Waals surface area contributed by atoms with Gasteiger partial charge in [-0.3, -0.25) is 0 Å². The molecule has 0 aliphatic rings. The van der Waals surface area contributed by atoms with E-state index in [0.717, 1.165) is 13.0 Å². The lowest BCUT2D eigenvalue weighted by atomic mass is 10.2. The van der Waals surface area contributed by atoms with Crippen molar-refractivity contribution in [3.05, 3.63) is 24.2 Å². The van der Waals surface area contributed by atoms with Crippen LogP contribution in [0.15, 0.2) is 23.0 Å². The Hall–Kier alpha value is -0.760. The van der Waals surface area contributed by atoms with Crippen molar-refractivity contribution in [2.75, 3.05) is 6.54 Å². The van der Waals surface area contributed by atoms with Gasteiger partial charge in [0.05, 0.1) is 12.5 Å². The van der Waals surface area contributed by atoms with Gasteiger partial charge in [-0.2, -0.15) is 0 Å². The van der Waals surface area contributed by atoms with Crippen molar-refractivity contribution in [1.82, 2.24) is 5.32 Å². The second kappa shape index (κ2) is 4.99. The molecule has 1 rings (SSSR count). The Morgan fingerprint density at radius 2 is 2.33 bits per heavy atom. The summed E-state index contributed by atoms with van der Waals surface area (Å²) in [5.41, 5.74) is 1.29. The van der Waals surface area contributed by atoms with E-state index in [-0.39, 0.29) is 0 Å². The highest BCUT2D eigenvalue weighted by molar-refractivity contribution is 5.04. The Kier molecular flexibility index (Phi) is 3.88. The Morgan fingerprint density at radius 1 is 1.50 bits per heavy atom. The summed E-state index contributed by atoms with van der Waals surface area (Å²) in [5.74, 6) is 0. The topological polar surface area (TPSA) is 25.2 Å². The summed E-state index contributed by atoms with van der Waals surface area (Å²) in [6, 6.07) is 2.62. The number of rotatable bonds is 5. The van der Waals surface area contributed by atoms with Gasteiger partial charge in [-0.05, 0) is 31.0 Å². The van der Waals surface area contributed by atoms with E-state index in [9.17, 15) is 0 Å². The Bertz CT molecular complexity index is 192. The summed E-state index contributed by atoms with van der Waals surface area (Å²) in [5, 5.41) is 3.38. The number of furan rings is 1. The zero-order chi connectivity index (χ0) is 8.81. The lowest BCUT2D eigenvalue weighted by Crippen LogP contribution is -2.23. The van der Waals surface area contributed by atoms with Crippen molar-refractivity contribution in [2.45, 2.75) is 32.7 Å². The highest BCUT2D eigenvalue weighted by Crippen LogP contribution is 2.02. The van der Waals surface area contributed by atoms with Gasteiger partial charge in [0, 0.05) is 6.04 Å². The smallest absolute Gasteiger partial charge is 0.0934 e. The summed E-state index contributed by atoms with van der Waals surface area (Å²) in [6.45, 7) is 5.42. The van der Waals surface area contributed by atoms with Crippen LogP contribution in [0, 0.1) is 0 Å². The first-order valence-electron chi connectivity index (χ1n) is 4.53. The van der Waals surface area contributed by atoms with Crippen molar-refractivity contribution in [3.63, 3.8) is 0 Å². The highest BCUT2D eigenvalue weighted by atomic mass is 16.3. The molecule has 0 amide bonds. The normalized spacial score (nSPS) is 10.9. The van der Waals surface area contributed by atoms with Crippen molar-refractivity contribution < 1.29 is 4.42 Å². The Labute approximate surface area is 74.0 Å². The third-order valence-corrected chi connectivity index (χ3v) is 1.77. The van der Waals surface area contributed by atoms with Gasteiger partial charge in [0.15, 0.2) is 0 Å². The molecule has 1 aromatic rings. The third kappa shape index (κ3) is 3.58. The van der Waals surface area contributed by atoms with Crippen LogP contribution in [0.2, 0.25) is 0 Å². The molecule has 0 atom stereocenters. The van der Waals surface area contributed by atoms with Gasteiger partial charge < -0.3 is 9.73 Å². The van der Waals surface area contributed by atoms with Crippen molar-refractivity contribution in [2.24, 2.45) is 0 Å². The molecule has 0 aliphatic carbocycles. The highest BCUT2D eigenvalue weighted by Gasteiger charge is 1.95. The maximum absolute atomic E-state index is 4.97. The second-order valence-electron chi connectivity index (χ2n) is 3.34. The monoisotopic (exact) mass is 167 g/mol. The molecule has 0 fully saturated rings. The van der Waals surface area contributed by atoms with Crippen molar-refractivity contribution >= 4 is 0 Å². The van der Waals surface area contributed by atoms with Crippen LogP contribution in [0.25, 0.3) is 0 Å². The molecule has 1 heterocycles. The number of hydrogen-bond acceptors (Lipinski definition) is 2. The lowest BCUT2D eigenvalue weighted by Gasteiger charge is -2.06. The molecule has 0 saturated carbocycles. The van der Waals surface area contributed by atoms with Gasteiger partial charge in [0.1, 0.15) is 0 Å². The summed E-state index contributed by atoms with van der Waals surface area (Å²) in [4.78, 5) is 0. The fourth-order valence-corrected chi connectivity index (χ4v) is 1.12. The van der Waals surface area contributed by atoms with Gasteiger partial charge in [-0.1, -0.05) is 13.8 Å². The van der Waals surface area contributed by atoms with Crippen LogP contribution in [0.4, 0.5) is 0 Å². The molecule has 12 heavy (non-hydrogen) atoms. The zero-order valence-corrected chi connectivity index (χ0v) is 7.84. The second-order valence-corrected chi connectivity index (χ2v) is 3.34. The van der Waals surface area contributed by atoms with Crippen LogP contribution >= 0.6 is 0 Å². The minimum atomic E-state index is 0.592. The fourth-order valence-electron chi connectivity index (χ4n) is 1.12. The minimum absolute atomic E-state index is 0.592. The van der Waals surface area contributed by atoms with E-state index in [1.807, 2.05) is 12.3 Å². The van der Waals surface area contributed by atoms with Crippen LogP contribution in [0.3, 0.4) is 0 Å². The summed E-state index contributed by atoms with van der Waals surface area (Å²) in [6.07, 6.45) is 5.83. The van der Waals surface area contributed by atoms with E-state index in [1.165, 1.54) is 12.0 Å². The lowest BCUT2D eigenvalue weighted by molar-refractivity contribution is 0.555. The molecule has 0 saturated heterocycles. The van der Waals surface area contributed by atoms with E-state index in [4.69, 9.17) is 4.42 Å². The first-order valence-corrected chi connectivity index (χ1v) is 4.53. The molecule has 2 heteroatoms. The summed E-state index contributed by atoms with van der Waals surface area (Å²) < 4.78 is 4.97. The number of hydrogen-bond donors (Lipinski definition) is 1. The molecule has 0 aromatic carbocycles. The van der Waals surface area contributed by atoms with Crippen molar-refractivity contribution in [1.29, 1.82) is 0 Å². The van der Waals surface area contributed by atoms with E-state index >= 15 is 0 Å². The van der Waals surface area contributed by atoms with Gasteiger partial charge in [0.25, 0.3) is 0 Å². The van der Waals surface area contributed by atoms with Crippen LogP contribution in [-0.2, 0) is 6.42 Å². The van der Waals surface area contributed by atoms with E-state index < -0.39 is 0 Å². The number of aryl methyl sites for hydroxylation is 1. The van der Waals surface area contributed by atoms with Crippen molar-refractivity contribution in [3.8, 4) is 0 Å². The first-order chi connectivity index (χ1) is 5.79. The first kappa shape index (κ1) is 9.33. The maximum Gasteiger partial charge on any atom is 0.0934 e. The van der Waals surface area contributed by atoms with Crippen LogP contribution < -0.4 is 5.32 Å². The average Bonchev–Trinajstić information content (AvgIpc) is 2.49. The molecular formula is C10H17NO. The summed E-state index contributed by atoms with van der Waals surface area (Å²) in [7, 11) is 0. The zero-order valence-electron chi connectivity index (χ0n) is 7.84. The molecule has 1 N–H and O–H groups in total. The SMILES string of the molecule is CC(C)NCCCc1ccoc1. The Balaban J connectivity index is 2.04. The molecule has 68 valence electrons. The largest absolute Gasteiger partial charge is 0.472 e. The molecule has 0 bridgehead atoms. The van der Waals surface area contributed by atoms with E-state index in [1.54, 1.807) is 6.26 Å². The van der Waals surface area contributed by atoms with Gasteiger partial charge >= 0.3 is 0 Å².